The minimum Gasteiger partial charge on any atom is -0.310 e. The third-order valence-electron chi connectivity index (χ3n) is 9.85. The van der Waals surface area contributed by atoms with Gasteiger partial charge in [-0.2, -0.15) is 0 Å². The molecule has 0 fully saturated rings. The van der Waals surface area contributed by atoms with Crippen molar-refractivity contribution in [1.82, 2.24) is 9.13 Å². The molecule has 0 radical (unpaired) electrons. The van der Waals surface area contributed by atoms with Gasteiger partial charge in [0.05, 0.1) is 27.8 Å². The van der Waals surface area contributed by atoms with Gasteiger partial charge < -0.3 is 14.0 Å². The SMILES string of the molecule is c1ccc(-n2c3ccccc3c3ccc(N(c4ccc5ccccc5c4)c4cccc5c4c4ccccc4n5-c4ccccc4)cc32)cc1. The Bertz CT molecular complexity index is 2830. The Balaban J connectivity index is 1.30. The fourth-order valence-electron chi connectivity index (χ4n) is 7.74. The number of hydrogen-bond donors (Lipinski definition) is 0. The summed E-state index contributed by atoms with van der Waals surface area (Å²) in [6.45, 7) is 0. The summed E-state index contributed by atoms with van der Waals surface area (Å²) in [5, 5.41) is 7.37. The molecule has 10 rings (SSSR count). The van der Waals surface area contributed by atoms with Gasteiger partial charge in [0, 0.05) is 44.3 Å². The maximum absolute atomic E-state index is 2.45. The second-order valence-corrected chi connectivity index (χ2v) is 12.6. The van der Waals surface area contributed by atoms with Crippen LogP contribution in [0.2, 0.25) is 0 Å². The van der Waals surface area contributed by atoms with Crippen molar-refractivity contribution in [3.05, 3.63) is 188 Å². The number of nitrogens with zero attached hydrogens (tertiary/aromatic N) is 3. The van der Waals surface area contributed by atoms with E-state index in [1.807, 2.05) is 0 Å². The highest BCUT2D eigenvalue weighted by atomic mass is 15.2. The fraction of sp³-hybridized carbons (Fsp3) is 0. The summed E-state index contributed by atoms with van der Waals surface area (Å²) in [4.78, 5) is 2.45. The van der Waals surface area contributed by atoms with Crippen LogP contribution in [0.5, 0.6) is 0 Å². The Morgan fingerprint density at radius 1 is 0.327 bits per heavy atom. The van der Waals surface area contributed by atoms with E-state index in [1.54, 1.807) is 0 Å². The van der Waals surface area contributed by atoms with E-state index in [1.165, 1.54) is 54.4 Å². The number of anilines is 3. The van der Waals surface area contributed by atoms with Crippen LogP contribution in [0.1, 0.15) is 0 Å². The van der Waals surface area contributed by atoms with Crippen molar-refractivity contribution in [3.8, 4) is 11.4 Å². The van der Waals surface area contributed by atoms with E-state index < -0.39 is 0 Å². The zero-order valence-corrected chi connectivity index (χ0v) is 26.7. The molecular formula is C46H31N3. The summed E-state index contributed by atoms with van der Waals surface area (Å²) in [5.41, 5.74) is 10.4. The maximum atomic E-state index is 2.45. The van der Waals surface area contributed by atoms with Gasteiger partial charge in [0.2, 0.25) is 0 Å². The lowest BCUT2D eigenvalue weighted by Gasteiger charge is -2.27. The molecule has 0 N–H and O–H groups in total. The number of rotatable bonds is 5. The third-order valence-corrected chi connectivity index (χ3v) is 9.85. The van der Waals surface area contributed by atoms with Crippen LogP contribution in [0.25, 0.3) is 65.8 Å². The van der Waals surface area contributed by atoms with Crippen molar-refractivity contribution >= 4 is 71.4 Å². The summed E-state index contributed by atoms with van der Waals surface area (Å²) in [6, 6.07) is 68.0. The molecule has 0 atom stereocenters. The average molecular weight is 626 g/mol. The smallest absolute Gasteiger partial charge is 0.0562 e. The number of aromatic nitrogens is 2. The normalized spacial score (nSPS) is 11.7. The van der Waals surface area contributed by atoms with Gasteiger partial charge in [-0.05, 0) is 83.6 Å². The lowest BCUT2D eigenvalue weighted by molar-refractivity contribution is 1.17. The Labute approximate surface area is 284 Å². The number of hydrogen-bond acceptors (Lipinski definition) is 1. The molecule has 0 saturated heterocycles. The Morgan fingerprint density at radius 3 is 1.61 bits per heavy atom. The standard InChI is InChI=1S/C46H31N3/c1-3-16-34(17-4-1)48-42-23-12-10-21-40(42)46-43(24-13-25-44(46)48)47(36-27-26-32-14-7-8-15-33(32)30-36)37-28-29-39-38-20-9-11-22-41(38)49(45(39)31-37)35-18-5-2-6-19-35/h1-31H. The largest absolute Gasteiger partial charge is 0.310 e. The number of para-hydroxylation sites is 4. The highest BCUT2D eigenvalue weighted by Crippen LogP contribution is 2.45. The molecule has 0 bridgehead atoms. The van der Waals surface area contributed by atoms with Crippen molar-refractivity contribution in [1.29, 1.82) is 0 Å². The monoisotopic (exact) mass is 625 g/mol. The lowest BCUT2D eigenvalue weighted by atomic mass is 10.1. The molecule has 10 aromatic rings. The summed E-state index contributed by atoms with van der Waals surface area (Å²) < 4.78 is 4.79. The fourth-order valence-corrected chi connectivity index (χ4v) is 7.74. The van der Waals surface area contributed by atoms with E-state index in [4.69, 9.17) is 0 Å². The molecular weight excluding hydrogens is 595 g/mol. The van der Waals surface area contributed by atoms with E-state index >= 15 is 0 Å². The molecule has 0 spiro atoms. The zero-order chi connectivity index (χ0) is 32.3. The number of benzene rings is 8. The molecule has 2 aromatic heterocycles. The van der Waals surface area contributed by atoms with Crippen LogP contribution >= 0.6 is 0 Å². The second-order valence-electron chi connectivity index (χ2n) is 12.6. The highest BCUT2D eigenvalue weighted by Gasteiger charge is 2.22. The maximum Gasteiger partial charge on any atom is 0.0562 e. The molecule has 0 unspecified atom stereocenters. The Hall–Kier alpha value is -6.58. The van der Waals surface area contributed by atoms with Crippen LogP contribution in [0.3, 0.4) is 0 Å². The summed E-state index contributed by atoms with van der Waals surface area (Å²) in [7, 11) is 0. The van der Waals surface area contributed by atoms with Crippen LogP contribution in [-0.4, -0.2) is 9.13 Å². The first-order valence-electron chi connectivity index (χ1n) is 16.8. The molecule has 3 heteroatoms. The van der Waals surface area contributed by atoms with E-state index in [9.17, 15) is 0 Å². The van der Waals surface area contributed by atoms with E-state index in [-0.39, 0.29) is 0 Å². The highest BCUT2D eigenvalue weighted by molar-refractivity contribution is 6.17. The lowest BCUT2D eigenvalue weighted by Crippen LogP contribution is -2.10. The molecule has 230 valence electrons. The first-order chi connectivity index (χ1) is 24.3. The van der Waals surface area contributed by atoms with Crippen LogP contribution in [0.15, 0.2) is 188 Å². The van der Waals surface area contributed by atoms with Gasteiger partial charge in [-0.15, -0.1) is 0 Å². The van der Waals surface area contributed by atoms with E-state index in [2.05, 4.69) is 202 Å². The van der Waals surface area contributed by atoms with Crippen LogP contribution < -0.4 is 4.90 Å². The predicted octanol–water partition coefficient (Wildman–Crippen LogP) is 12.5. The topological polar surface area (TPSA) is 13.1 Å². The van der Waals surface area contributed by atoms with Crippen molar-refractivity contribution < 1.29 is 0 Å². The molecule has 3 nitrogen and oxygen atoms in total. The summed E-state index contributed by atoms with van der Waals surface area (Å²) in [6.07, 6.45) is 0. The Morgan fingerprint density at radius 2 is 0.857 bits per heavy atom. The van der Waals surface area contributed by atoms with Crippen molar-refractivity contribution in [2.45, 2.75) is 0 Å². The summed E-state index contributed by atoms with van der Waals surface area (Å²) in [5.74, 6) is 0. The van der Waals surface area contributed by atoms with Crippen molar-refractivity contribution in [3.63, 3.8) is 0 Å². The van der Waals surface area contributed by atoms with E-state index in [0.29, 0.717) is 0 Å². The minimum atomic E-state index is 1.10. The van der Waals surface area contributed by atoms with Crippen LogP contribution in [0, 0.1) is 0 Å². The number of fused-ring (bicyclic) bond motifs is 7. The third kappa shape index (κ3) is 4.29. The van der Waals surface area contributed by atoms with Crippen molar-refractivity contribution in [2.24, 2.45) is 0 Å². The summed E-state index contributed by atoms with van der Waals surface area (Å²) >= 11 is 0. The van der Waals surface area contributed by atoms with Gasteiger partial charge in [0.15, 0.2) is 0 Å². The Kier molecular flexibility index (Phi) is 6.18. The second kappa shape index (κ2) is 11.0. The molecule has 0 aliphatic rings. The van der Waals surface area contributed by atoms with Gasteiger partial charge in [-0.3, -0.25) is 0 Å². The molecule has 2 heterocycles. The van der Waals surface area contributed by atoms with Gasteiger partial charge in [0.25, 0.3) is 0 Å². The predicted molar refractivity (Wildman–Crippen MR) is 207 cm³/mol. The zero-order valence-electron chi connectivity index (χ0n) is 26.7. The molecule has 49 heavy (non-hydrogen) atoms. The van der Waals surface area contributed by atoms with E-state index in [0.717, 1.165) is 28.4 Å². The van der Waals surface area contributed by atoms with Gasteiger partial charge >= 0.3 is 0 Å². The van der Waals surface area contributed by atoms with Crippen LogP contribution in [-0.2, 0) is 0 Å². The van der Waals surface area contributed by atoms with Gasteiger partial charge in [0.1, 0.15) is 0 Å². The molecule has 0 aliphatic carbocycles. The minimum absolute atomic E-state index is 1.10. The first-order valence-corrected chi connectivity index (χ1v) is 16.8. The molecule has 8 aromatic carbocycles. The van der Waals surface area contributed by atoms with Crippen LogP contribution in [0.4, 0.5) is 17.1 Å². The van der Waals surface area contributed by atoms with Gasteiger partial charge in [-0.25, -0.2) is 0 Å². The van der Waals surface area contributed by atoms with Crippen molar-refractivity contribution in [2.75, 3.05) is 4.90 Å². The first kappa shape index (κ1) is 27.5. The molecule has 0 aliphatic heterocycles. The quantitative estimate of drug-likeness (QED) is 0.185. The molecule has 0 saturated carbocycles. The average Bonchev–Trinajstić information content (AvgIpc) is 3.69. The van der Waals surface area contributed by atoms with Gasteiger partial charge in [-0.1, -0.05) is 115 Å². The molecule has 0 amide bonds.